The number of Topliss-reactive ketones (excluding diaryl/α,β-unsaturated/α-hetero) is 1. The Morgan fingerprint density at radius 3 is 1.81 bits per heavy atom. The third kappa shape index (κ3) is 6.02. The van der Waals surface area contributed by atoms with Crippen LogP contribution in [0.2, 0.25) is 18.6 Å². The molecule has 0 bridgehead atoms. The molecule has 1 atom stereocenters. The molecular formula is C21H32O5Si. The molecule has 0 saturated carbocycles. The maximum Gasteiger partial charge on any atom is 0.320 e. The van der Waals surface area contributed by atoms with E-state index >= 15 is 0 Å². The Bertz CT molecular complexity index is 621. The first-order valence-electron chi connectivity index (χ1n) is 9.58. The molecule has 0 radical (unpaired) electrons. The van der Waals surface area contributed by atoms with E-state index < -0.39 is 31.5 Å². The van der Waals surface area contributed by atoms with Crippen molar-refractivity contribution in [1.29, 1.82) is 0 Å². The van der Waals surface area contributed by atoms with Crippen molar-refractivity contribution in [3.8, 4) is 0 Å². The van der Waals surface area contributed by atoms with Crippen LogP contribution in [0.5, 0.6) is 0 Å². The van der Waals surface area contributed by atoms with Crippen molar-refractivity contribution in [3.05, 3.63) is 30.3 Å². The van der Waals surface area contributed by atoms with Gasteiger partial charge >= 0.3 is 11.9 Å². The molecule has 5 nitrogen and oxygen atoms in total. The summed E-state index contributed by atoms with van der Waals surface area (Å²) in [4.78, 5) is 38.1. The fraction of sp³-hybridized carbons (Fsp3) is 0.571. The number of carbonyl (C=O) groups is 3. The van der Waals surface area contributed by atoms with Crippen molar-refractivity contribution in [2.45, 2.75) is 52.8 Å². The Morgan fingerprint density at radius 1 is 0.926 bits per heavy atom. The number of ether oxygens (including phenoxy) is 2. The molecule has 27 heavy (non-hydrogen) atoms. The molecule has 0 spiro atoms. The van der Waals surface area contributed by atoms with Crippen LogP contribution in [0.25, 0.3) is 0 Å². The monoisotopic (exact) mass is 392 g/mol. The van der Waals surface area contributed by atoms with E-state index in [-0.39, 0.29) is 31.3 Å². The van der Waals surface area contributed by atoms with Crippen molar-refractivity contribution in [2.24, 2.45) is 11.8 Å². The van der Waals surface area contributed by atoms with Gasteiger partial charge in [-0.15, -0.1) is 0 Å². The predicted octanol–water partition coefficient (Wildman–Crippen LogP) is 3.33. The first kappa shape index (κ1) is 23.1. The van der Waals surface area contributed by atoms with Crippen LogP contribution in [0.4, 0.5) is 0 Å². The van der Waals surface area contributed by atoms with Crippen LogP contribution in [0, 0.1) is 11.8 Å². The van der Waals surface area contributed by atoms with Gasteiger partial charge in [0.15, 0.2) is 5.92 Å². The van der Waals surface area contributed by atoms with E-state index in [2.05, 4.69) is 13.1 Å². The van der Waals surface area contributed by atoms with Crippen molar-refractivity contribution in [3.63, 3.8) is 0 Å². The van der Waals surface area contributed by atoms with Gasteiger partial charge in [-0.2, -0.15) is 0 Å². The van der Waals surface area contributed by atoms with E-state index in [1.54, 1.807) is 13.8 Å². The van der Waals surface area contributed by atoms with Gasteiger partial charge in [0.2, 0.25) is 0 Å². The maximum atomic E-state index is 12.7. The van der Waals surface area contributed by atoms with E-state index in [0.29, 0.717) is 0 Å². The quantitative estimate of drug-likeness (QED) is 0.347. The third-order valence-electron chi connectivity index (χ3n) is 4.99. The number of benzene rings is 1. The summed E-state index contributed by atoms with van der Waals surface area (Å²) in [7, 11) is -2.39. The molecule has 0 heterocycles. The van der Waals surface area contributed by atoms with Crippen LogP contribution >= 0.6 is 0 Å². The molecule has 0 aliphatic carbocycles. The lowest BCUT2D eigenvalue weighted by Crippen LogP contribution is -2.52. The molecule has 6 heteroatoms. The number of ketones is 1. The third-order valence-corrected chi connectivity index (χ3v) is 9.21. The second kappa shape index (κ2) is 10.4. The van der Waals surface area contributed by atoms with Crippen LogP contribution in [0.1, 0.15) is 34.1 Å². The first-order chi connectivity index (χ1) is 12.7. The van der Waals surface area contributed by atoms with Crippen LogP contribution < -0.4 is 5.19 Å². The highest BCUT2D eigenvalue weighted by Crippen LogP contribution is 2.36. The van der Waals surface area contributed by atoms with Gasteiger partial charge in [0, 0.05) is 12.3 Å². The average Bonchev–Trinajstić information content (AvgIpc) is 2.62. The van der Waals surface area contributed by atoms with E-state index in [4.69, 9.17) is 9.47 Å². The normalized spacial score (nSPS) is 12.7. The fourth-order valence-corrected chi connectivity index (χ4v) is 6.51. The molecule has 150 valence electrons. The number of esters is 2. The minimum Gasteiger partial charge on any atom is -0.465 e. The van der Waals surface area contributed by atoms with Crippen molar-refractivity contribution < 1.29 is 23.9 Å². The summed E-state index contributed by atoms with van der Waals surface area (Å²) in [6.07, 6.45) is 0.161. The van der Waals surface area contributed by atoms with Crippen LogP contribution in [-0.4, -0.2) is 39.0 Å². The Hall–Kier alpha value is -1.95. The molecule has 0 saturated heterocycles. The summed E-state index contributed by atoms with van der Waals surface area (Å²) in [6.45, 7) is 11.6. The van der Waals surface area contributed by atoms with E-state index in [0.717, 1.165) is 5.19 Å². The molecule has 0 aliphatic rings. The molecule has 1 aromatic rings. The van der Waals surface area contributed by atoms with Gasteiger partial charge in [0.05, 0.1) is 21.3 Å². The molecule has 0 amide bonds. The van der Waals surface area contributed by atoms with Gasteiger partial charge < -0.3 is 9.47 Å². The summed E-state index contributed by atoms with van der Waals surface area (Å²) in [5.41, 5.74) is -0.437. The minimum absolute atomic E-state index is 0.0371. The lowest BCUT2D eigenvalue weighted by atomic mass is 9.96. The Balaban J connectivity index is 3.44. The molecule has 0 unspecified atom stereocenters. The van der Waals surface area contributed by atoms with Gasteiger partial charge in [-0.3, -0.25) is 14.4 Å². The lowest BCUT2D eigenvalue weighted by molar-refractivity contribution is -0.162. The Kier molecular flexibility index (Phi) is 8.89. The average molecular weight is 393 g/mol. The Morgan fingerprint density at radius 2 is 1.41 bits per heavy atom. The Labute approximate surface area is 163 Å². The second-order valence-electron chi connectivity index (χ2n) is 7.50. The molecule has 0 N–H and O–H groups in total. The SMILES string of the molecule is CCOC(=O)C(C(=O)OCC)[C@H](CC(=O)C(C)C)[Si](C)(C)c1ccccc1. The van der Waals surface area contributed by atoms with E-state index in [9.17, 15) is 14.4 Å². The lowest BCUT2D eigenvalue weighted by Gasteiger charge is -2.36. The predicted molar refractivity (Wildman–Crippen MR) is 109 cm³/mol. The summed E-state index contributed by atoms with van der Waals surface area (Å²) in [5.74, 6) is -2.43. The smallest absolute Gasteiger partial charge is 0.320 e. The molecule has 1 aromatic carbocycles. The van der Waals surface area contributed by atoms with Gasteiger partial charge in [0.25, 0.3) is 0 Å². The maximum absolute atomic E-state index is 12.7. The number of rotatable bonds is 10. The summed E-state index contributed by atoms with van der Waals surface area (Å²) in [5, 5.41) is 1.09. The van der Waals surface area contributed by atoms with E-state index in [1.165, 1.54) is 0 Å². The number of carbonyl (C=O) groups excluding carboxylic acids is 3. The van der Waals surface area contributed by atoms with Gasteiger partial charge in [-0.05, 0) is 19.4 Å². The molecule has 0 aromatic heterocycles. The zero-order valence-electron chi connectivity index (χ0n) is 17.3. The van der Waals surface area contributed by atoms with Crippen LogP contribution in [-0.2, 0) is 23.9 Å². The largest absolute Gasteiger partial charge is 0.465 e. The molecular weight excluding hydrogens is 360 g/mol. The van der Waals surface area contributed by atoms with Gasteiger partial charge in [-0.25, -0.2) is 0 Å². The van der Waals surface area contributed by atoms with Crippen molar-refractivity contribution >= 4 is 31.0 Å². The highest BCUT2D eigenvalue weighted by molar-refractivity contribution is 6.91. The number of hydrogen-bond acceptors (Lipinski definition) is 5. The summed E-state index contributed by atoms with van der Waals surface area (Å²) >= 11 is 0. The zero-order chi connectivity index (χ0) is 20.6. The molecule has 0 aliphatic heterocycles. The van der Waals surface area contributed by atoms with Crippen molar-refractivity contribution in [1.82, 2.24) is 0 Å². The summed E-state index contributed by atoms with van der Waals surface area (Å²) in [6, 6.07) is 9.82. The van der Waals surface area contributed by atoms with Gasteiger partial charge in [-0.1, -0.05) is 62.5 Å². The van der Waals surface area contributed by atoms with Crippen LogP contribution in [0.3, 0.4) is 0 Å². The van der Waals surface area contributed by atoms with Crippen molar-refractivity contribution in [2.75, 3.05) is 13.2 Å². The zero-order valence-corrected chi connectivity index (χ0v) is 18.3. The topological polar surface area (TPSA) is 69.7 Å². The highest BCUT2D eigenvalue weighted by Gasteiger charge is 2.48. The minimum atomic E-state index is -2.39. The van der Waals surface area contributed by atoms with E-state index in [1.807, 2.05) is 44.2 Å². The van der Waals surface area contributed by atoms with Crippen LogP contribution in [0.15, 0.2) is 30.3 Å². The first-order valence-corrected chi connectivity index (χ1v) is 12.7. The number of hydrogen-bond donors (Lipinski definition) is 0. The standard InChI is InChI=1S/C21H32O5Si/c1-7-25-20(23)19(21(24)26-8-2)18(14-17(22)15(3)4)27(5,6)16-12-10-9-11-13-16/h9-13,15,18-19H,7-8,14H2,1-6H3/t18-/m0/s1. The fourth-order valence-electron chi connectivity index (χ4n) is 3.21. The highest BCUT2D eigenvalue weighted by atomic mass is 28.3. The summed E-state index contributed by atoms with van der Waals surface area (Å²) < 4.78 is 10.4. The van der Waals surface area contributed by atoms with Gasteiger partial charge in [0.1, 0.15) is 5.78 Å². The molecule has 0 fully saturated rings. The second-order valence-corrected chi connectivity index (χ2v) is 12.3. The molecule has 1 rings (SSSR count).